The van der Waals surface area contributed by atoms with Crippen molar-refractivity contribution >= 4 is 5.97 Å². The zero-order valence-electron chi connectivity index (χ0n) is 12.6. The summed E-state index contributed by atoms with van der Waals surface area (Å²) in [5.41, 5.74) is -0.186. The van der Waals surface area contributed by atoms with Crippen molar-refractivity contribution in [2.75, 3.05) is 0 Å². The molecule has 0 bridgehead atoms. The molecule has 0 spiro atoms. The summed E-state index contributed by atoms with van der Waals surface area (Å²) in [6, 6.07) is 0. The predicted octanol–water partition coefficient (Wildman–Crippen LogP) is 4.71. The lowest BCUT2D eigenvalue weighted by atomic mass is 9.75. The minimum absolute atomic E-state index is 0.00828. The van der Waals surface area contributed by atoms with Crippen molar-refractivity contribution in [2.45, 2.75) is 84.7 Å². The smallest absolute Gasteiger partial charge is 0.306 e. The molecule has 1 saturated carbocycles. The molecule has 0 aliphatic heterocycles. The summed E-state index contributed by atoms with van der Waals surface area (Å²) in [7, 11) is 0. The maximum Gasteiger partial charge on any atom is 0.306 e. The molecule has 2 nitrogen and oxygen atoms in total. The lowest BCUT2D eigenvalue weighted by molar-refractivity contribution is -0.162. The molecule has 0 amide bonds. The lowest BCUT2D eigenvalue weighted by Crippen LogP contribution is -2.37. The van der Waals surface area contributed by atoms with Crippen LogP contribution in [0.15, 0.2) is 0 Å². The molecule has 0 aromatic heterocycles. The molecule has 0 heterocycles. The number of hydrogen-bond donors (Lipinski definition) is 0. The first-order chi connectivity index (χ1) is 8.47. The predicted molar refractivity (Wildman–Crippen MR) is 75.4 cm³/mol. The SMILES string of the molecule is CCCCCC(=O)OC1(C)CCC(C(C)C)CC1. The van der Waals surface area contributed by atoms with Crippen molar-refractivity contribution in [1.29, 1.82) is 0 Å². The molecule has 2 heteroatoms. The summed E-state index contributed by atoms with van der Waals surface area (Å²) >= 11 is 0. The molecule has 0 N–H and O–H groups in total. The quantitative estimate of drug-likeness (QED) is 0.506. The van der Waals surface area contributed by atoms with E-state index >= 15 is 0 Å². The Balaban J connectivity index is 2.31. The van der Waals surface area contributed by atoms with Crippen LogP contribution in [-0.2, 0) is 9.53 Å². The fourth-order valence-corrected chi connectivity index (χ4v) is 2.86. The van der Waals surface area contributed by atoms with Gasteiger partial charge in [-0.3, -0.25) is 4.79 Å². The van der Waals surface area contributed by atoms with E-state index in [9.17, 15) is 4.79 Å². The number of esters is 1. The van der Waals surface area contributed by atoms with Gasteiger partial charge in [0.2, 0.25) is 0 Å². The van der Waals surface area contributed by atoms with Gasteiger partial charge < -0.3 is 4.74 Å². The van der Waals surface area contributed by atoms with Crippen LogP contribution in [0, 0.1) is 11.8 Å². The van der Waals surface area contributed by atoms with Gasteiger partial charge in [-0.05, 0) is 50.9 Å². The number of hydrogen-bond acceptors (Lipinski definition) is 2. The van der Waals surface area contributed by atoms with Gasteiger partial charge >= 0.3 is 5.97 Å². The third-order valence-electron chi connectivity index (χ3n) is 4.38. The van der Waals surface area contributed by atoms with Gasteiger partial charge in [0.05, 0.1) is 0 Å². The van der Waals surface area contributed by atoms with Crippen LogP contribution < -0.4 is 0 Å². The molecule has 0 radical (unpaired) electrons. The van der Waals surface area contributed by atoms with Crippen molar-refractivity contribution in [3.05, 3.63) is 0 Å². The summed E-state index contributed by atoms with van der Waals surface area (Å²) in [6.07, 6.45) is 8.33. The van der Waals surface area contributed by atoms with Crippen LogP contribution in [0.5, 0.6) is 0 Å². The molecule has 1 rings (SSSR count). The molecule has 0 atom stereocenters. The Morgan fingerprint density at radius 2 is 1.89 bits per heavy atom. The van der Waals surface area contributed by atoms with Gasteiger partial charge in [-0.25, -0.2) is 0 Å². The van der Waals surface area contributed by atoms with Gasteiger partial charge in [0, 0.05) is 6.42 Å². The summed E-state index contributed by atoms with van der Waals surface area (Å²) in [4.78, 5) is 11.8. The van der Waals surface area contributed by atoms with Crippen LogP contribution in [0.25, 0.3) is 0 Å². The number of carbonyl (C=O) groups is 1. The summed E-state index contributed by atoms with van der Waals surface area (Å²) in [6.45, 7) is 8.86. The molecular formula is C16H30O2. The van der Waals surface area contributed by atoms with Crippen molar-refractivity contribution in [3.63, 3.8) is 0 Å². The third kappa shape index (κ3) is 4.99. The van der Waals surface area contributed by atoms with E-state index in [4.69, 9.17) is 4.74 Å². The highest BCUT2D eigenvalue weighted by molar-refractivity contribution is 5.69. The van der Waals surface area contributed by atoms with E-state index in [0.717, 1.165) is 43.9 Å². The number of unbranched alkanes of at least 4 members (excludes halogenated alkanes) is 2. The molecule has 1 aliphatic carbocycles. The first-order valence-electron chi connectivity index (χ1n) is 7.68. The Kier molecular flexibility index (Phi) is 6.17. The molecule has 0 aromatic rings. The Labute approximate surface area is 112 Å². The highest BCUT2D eigenvalue weighted by Gasteiger charge is 2.34. The summed E-state index contributed by atoms with van der Waals surface area (Å²) < 4.78 is 5.71. The van der Waals surface area contributed by atoms with E-state index in [1.165, 1.54) is 12.8 Å². The Bertz CT molecular complexity index is 250. The average molecular weight is 254 g/mol. The van der Waals surface area contributed by atoms with Crippen LogP contribution in [0.1, 0.15) is 79.1 Å². The zero-order chi connectivity index (χ0) is 13.6. The standard InChI is InChI=1S/C16H30O2/c1-5-6-7-8-15(17)18-16(4)11-9-14(10-12-16)13(2)3/h13-14H,5-12H2,1-4H3. The van der Waals surface area contributed by atoms with E-state index in [-0.39, 0.29) is 11.6 Å². The average Bonchev–Trinajstić information content (AvgIpc) is 2.29. The van der Waals surface area contributed by atoms with Crippen molar-refractivity contribution in [1.82, 2.24) is 0 Å². The molecule has 18 heavy (non-hydrogen) atoms. The minimum Gasteiger partial charge on any atom is -0.459 e. The second-order valence-corrected chi connectivity index (χ2v) is 6.46. The van der Waals surface area contributed by atoms with Crippen LogP contribution in [0.4, 0.5) is 0 Å². The van der Waals surface area contributed by atoms with Crippen LogP contribution in [-0.4, -0.2) is 11.6 Å². The molecule has 0 aromatic carbocycles. The van der Waals surface area contributed by atoms with Crippen molar-refractivity contribution in [2.24, 2.45) is 11.8 Å². The maximum atomic E-state index is 11.8. The fourth-order valence-electron chi connectivity index (χ4n) is 2.86. The van der Waals surface area contributed by atoms with Gasteiger partial charge in [-0.2, -0.15) is 0 Å². The van der Waals surface area contributed by atoms with E-state index < -0.39 is 0 Å². The van der Waals surface area contributed by atoms with E-state index in [1.54, 1.807) is 0 Å². The second kappa shape index (κ2) is 7.16. The first-order valence-corrected chi connectivity index (χ1v) is 7.68. The minimum atomic E-state index is -0.186. The first kappa shape index (κ1) is 15.5. The topological polar surface area (TPSA) is 26.3 Å². The van der Waals surface area contributed by atoms with Crippen molar-refractivity contribution in [3.8, 4) is 0 Å². The molecule has 0 saturated heterocycles. The number of rotatable bonds is 6. The normalized spacial score (nSPS) is 28.4. The van der Waals surface area contributed by atoms with Crippen LogP contribution >= 0.6 is 0 Å². The van der Waals surface area contributed by atoms with Gasteiger partial charge in [0.25, 0.3) is 0 Å². The molecule has 106 valence electrons. The third-order valence-corrected chi connectivity index (χ3v) is 4.38. The van der Waals surface area contributed by atoms with Crippen LogP contribution in [0.3, 0.4) is 0 Å². The molecule has 1 aliphatic rings. The van der Waals surface area contributed by atoms with Gasteiger partial charge in [-0.15, -0.1) is 0 Å². The Morgan fingerprint density at radius 1 is 1.28 bits per heavy atom. The lowest BCUT2D eigenvalue weighted by Gasteiger charge is -2.38. The van der Waals surface area contributed by atoms with E-state index in [2.05, 4.69) is 27.7 Å². The highest BCUT2D eigenvalue weighted by atomic mass is 16.6. The summed E-state index contributed by atoms with van der Waals surface area (Å²) in [5, 5.41) is 0. The van der Waals surface area contributed by atoms with Gasteiger partial charge in [0.15, 0.2) is 0 Å². The van der Waals surface area contributed by atoms with E-state index in [0.29, 0.717) is 6.42 Å². The molecule has 1 fully saturated rings. The largest absolute Gasteiger partial charge is 0.459 e. The highest BCUT2D eigenvalue weighted by Crippen LogP contribution is 2.38. The fraction of sp³-hybridized carbons (Fsp3) is 0.938. The molecular weight excluding hydrogens is 224 g/mol. The number of ether oxygens (including phenoxy) is 1. The zero-order valence-corrected chi connectivity index (χ0v) is 12.6. The molecule has 0 unspecified atom stereocenters. The monoisotopic (exact) mass is 254 g/mol. The Morgan fingerprint density at radius 3 is 2.39 bits per heavy atom. The maximum absolute atomic E-state index is 11.8. The van der Waals surface area contributed by atoms with Gasteiger partial charge in [0.1, 0.15) is 5.60 Å². The van der Waals surface area contributed by atoms with E-state index in [1.807, 2.05) is 0 Å². The van der Waals surface area contributed by atoms with Crippen LogP contribution in [0.2, 0.25) is 0 Å². The summed E-state index contributed by atoms with van der Waals surface area (Å²) in [5.74, 6) is 1.58. The number of carbonyl (C=O) groups excluding carboxylic acids is 1. The van der Waals surface area contributed by atoms with Crippen molar-refractivity contribution < 1.29 is 9.53 Å². The Hall–Kier alpha value is -0.530. The van der Waals surface area contributed by atoms with Gasteiger partial charge in [-0.1, -0.05) is 33.6 Å². The second-order valence-electron chi connectivity index (χ2n) is 6.46.